The van der Waals surface area contributed by atoms with Crippen LogP contribution in [0.1, 0.15) is 79.1 Å². The van der Waals surface area contributed by atoms with Gasteiger partial charge in [-0.25, -0.2) is 0 Å². The summed E-state index contributed by atoms with van der Waals surface area (Å²) >= 11 is 0. The molecule has 1 saturated heterocycles. The van der Waals surface area contributed by atoms with Gasteiger partial charge in [-0.2, -0.15) is 5.06 Å². The minimum absolute atomic E-state index is 0.0552. The maximum absolute atomic E-state index is 14.0. The van der Waals surface area contributed by atoms with Crippen molar-refractivity contribution in [3.63, 3.8) is 0 Å². The van der Waals surface area contributed by atoms with E-state index in [1.807, 2.05) is 0 Å². The van der Waals surface area contributed by atoms with E-state index in [4.69, 9.17) is 15.3 Å². The first-order valence-electron chi connectivity index (χ1n) is 16.4. The number of carbonyl (C=O) groups is 2. The number of amides is 1. The first kappa shape index (κ1) is 32.1. The zero-order valence-electron chi connectivity index (χ0n) is 26.2. The second-order valence-corrected chi connectivity index (χ2v) is 15.1. The second kappa shape index (κ2) is 12.6. The first-order valence-corrected chi connectivity index (χ1v) is 16.4. The van der Waals surface area contributed by atoms with Gasteiger partial charge in [-0.3, -0.25) is 14.4 Å². The Kier molecular flexibility index (Phi) is 9.63. The molecule has 5 saturated carbocycles. The number of rotatable bonds is 9. The van der Waals surface area contributed by atoms with Crippen LogP contribution in [0.5, 0.6) is 0 Å². The van der Waals surface area contributed by atoms with E-state index in [0.717, 1.165) is 32.1 Å². The van der Waals surface area contributed by atoms with Crippen LogP contribution in [0.15, 0.2) is 0 Å². The van der Waals surface area contributed by atoms with E-state index in [9.17, 15) is 24.9 Å². The fourth-order valence-electron chi connectivity index (χ4n) is 10.1. The van der Waals surface area contributed by atoms with Crippen LogP contribution in [0.25, 0.3) is 0 Å². The molecule has 0 aromatic heterocycles. The second-order valence-electron chi connectivity index (χ2n) is 15.1. The van der Waals surface area contributed by atoms with Gasteiger partial charge in [0.25, 0.3) is 0 Å². The molecule has 10 heteroatoms. The third-order valence-corrected chi connectivity index (χ3v) is 12.5. The zero-order valence-corrected chi connectivity index (χ0v) is 26.2. The Hall–Kier alpha value is -1.30. The van der Waals surface area contributed by atoms with Crippen LogP contribution in [0.2, 0.25) is 0 Å². The van der Waals surface area contributed by atoms with Gasteiger partial charge in [0.2, 0.25) is 5.91 Å². The molecule has 6 aliphatic rings. The van der Waals surface area contributed by atoms with Crippen molar-refractivity contribution in [3.8, 4) is 0 Å². The van der Waals surface area contributed by atoms with Gasteiger partial charge in [0.05, 0.1) is 24.7 Å². The van der Waals surface area contributed by atoms with Crippen molar-refractivity contribution in [2.24, 2.45) is 58.5 Å². The van der Waals surface area contributed by atoms with Crippen LogP contribution in [0, 0.1) is 52.8 Å². The summed E-state index contributed by atoms with van der Waals surface area (Å²) < 4.78 is 6.14. The number of nitrogens with one attached hydrogen (secondary N) is 1. The summed E-state index contributed by atoms with van der Waals surface area (Å²) in [5.41, 5.74) is 6.64. The maximum Gasteiger partial charge on any atom is 0.306 e. The molecular weight excluding hydrogens is 538 g/mol. The highest BCUT2D eigenvalue weighted by molar-refractivity contribution is 5.82. The number of aliphatic carboxylic acids is 1. The lowest BCUT2D eigenvalue weighted by molar-refractivity contribution is -0.193. The Morgan fingerprint density at radius 1 is 1.17 bits per heavy atom. The number of hydroxylamine groups is 2. The van der Waals surface area contributed by atoms with Crippen molar-refractivity contribution in [1.29, 1.82) is 0 Å². The van der Waals surface area contributed by atoms with Gasteiger partial charge in [-0.1, -0.05) is 27.2 Å². The van der Waals surface area contributed by atoms with Crippen molar-refractivity contribution >= 4 is 11.9 Å². The van der Waals surface area contributed by atoms with Crippen molar-refractivity contribution < 1.29 is 34.5 Å². The van der Waals surface area contributed by atoms with Crippen LogP contribution in [0.4, 0.5) is 0 Å². The van der Waals surface area contributed by atoms with E-state index in [1.54, 1.807) is 19.1 Å². The number of aliphatic hydroxyl groups is 2. The molecule has 0 spiro atoms. The fraction of sp³-hybridized carbons (Fsp3) is 0.938. The van der Waals surface area contributed by atoms with E-state index < -0.39 is 36.1 Å². The number of carboxylic acid groups (broad SMARTS) is 1. The number of carboxylic acids is 1. The molecule has 0 radical (unpaired) electrons. The Morgan fingerprint density at radius 3 is 2.50 bits per heavy atom. The van der Waals surface area contributed by atoms with E-state index in [2.05, 4.69) is 26.1 Å². The standard InChI is InChI=1S/C32H55N3O7/c1-16-24-12-21(32(24,3)4)13-25(16)34-30(38)28-27(17(2)37)26(15-36)42-35(28)14-18-7-6-8-23(29(18)41-5)19-9-20(31(39)40)11-22(33)10-19/h16-29,36-37H,6-15,33H2,1-5H3,(H,34,38)(H,39,40)/t16-,17-,18?,19?,20?,21+,22?,23?,24-,25-,26-,27-,28-,29?/m0/s1. The number of carbonyl (C=O) groups excluding carboxylic acids is 1. The van der Waals surface area contributed by atoms with Crippen LogP contribution in [-0.2, 0) is 19.2 Å². The molecule has 1 amide bonds. The summed E-state index contributed by atoms with van der Waals surface area (Å²) in [5, 5.41) is 35.8. The summed E-state index contributed by atoms with van der Waals surface area (Å²) in [6.07, 6.45) is 5.29. The quantitative estimate of drug-likeness (QED) is 0.271. The molecule has 1 heterocycles. The highest BCUT2D eigenvalue weighted by atomic mass is 16.7. The van der Waals surface area contributed by atoms with Crippen LogP contribution in [-0.4, -0.2) is 89.0 Å². The molecule has 14 atom stereocenters. The number of hydrogen-bond donors (Lipinski definition) is 5. The lowest BCUT2D eigenvalue weighted by atomic mass is 9.45. The van der Waals surface area contributed by atoms with Gasteiger partial charge < -0.3 is 31.1 Å². The number of ether oxygens (including phenoxy) is 1. The highest BCUT2D eigenvalue weighted by Gasteiger charge is 2.57. The molecule has 6 unspecified atom stereocenters. The third kappa shape index (κ3) is 5.88. The number of aliphatic hydroxyl groups excluding tert-OH is 2. The maximum atomic E-state index is 14.0. The Balaban J connectivity index is 1.32. The van der Waals surface area contributed by atoms with E-state index in [0.29, 0.717) is 42.6 Å². The van der Waals surface area contributed by atoms with Crippen molar-refractivity contribution in [2.75, 3.05) is 20.3 Å². The Labute approximate surface area is 251 Å². The average molecular weight is 594 g/mol. The highest BCUT2D eigenvalue weighted by Crippen LogP contribution is 2.61. The molecule has 5 aliphatic carbocycles. The van der Waals surface area contributed by atoms with E-state index in [1.165, 1.54) is 6.42 Å². The summed E-state index contributed by atoms with van der Waals surface area (Å²) in [7, 11) is 1.72. The van der Waals surface area contributed by atoms with Gasteiger partial charge in [-0.15, -0.1) is 0 Å². The summed E-state index contributed by atoms with van der Waals surface area (Å²) in [6.45, 7) is 8.75. The predicted molar refractivity (Wildman–Crippen MR) is 157 cm³/mol. The Morgan fingerprint density at radius 2 is 1.90 bits per heavy atom. The van der Waals surface area contributed by atoms with Crippen LogP contribution < -0.4 is 11.1 Å². The summed E-state index contributed by atoms with van der Waals surface area (Å²) in [4.78, 5) is 32.1. The van der Waals surface area contributed by atoms with Gasteiger partial charge in [0.1, 0.15) is 12.1 Å². The molecule has 42 heavy (non-hydrogen) atoms. The van der Waals surface area contributed by atoms with Gasteiger partial charge in [-0.05, 0) is 86.9 Å². The molecule has 6 N–H and O–H groups in total. The fourth-order valence-corrected chi connectivity index (χ4v) is 10.1. The van der Waals surface area contributed by atoms with Crippen molar-refractivity contribution in [3.05, 3.63) is 0 Å². The lowest BCUT2D eigenvalue weighted by Gasteiger charge is -2.62. The molecule has 10 nitrogen and oxygen atoms in total. The number of nitrogens with two attached hydrogens (primary N) is 1. The molecular formula is C32H55N3O7. The summed E-state index contributed by atoms with van der Waals surface area (Å²) in [5.74, 6) is 0.0569. The minimum Gasteiger partial charge on any atom is -0.481 e. The average Bonchev–Trinajstić information content (AvgIpc) is 3.31. The molecule has 6 fully saturated rings. The Bertz CT molecular complexity index is 978. The smallest absolute Gasteiger partial charge is 0.306 e. The van der Waals surface area contributed by atoms with E-state index >= 15 is 0 Å². The number of fused-ring (bicyclic) bond motifs is 2. The normalized spacial score (nSPS) is 46.0. The number of nitrogens with zero attached hydrogens (tertiary/aromatic N) is 1. The van der Waals surface area contributed by atoms with Gasteiger partial charge >= 0.3 is 5.97 Å². The molecule has 2 bridgehead atoms. The SMILES string of the molecule is COC1C(CN2O[C@@H](CO)[C@H]([C@H](C)O)[C@H]2C(=O)N[C@H]2C[C@H]3C[C@@H]([C@@H]2C)C3(C)C)CCCC1C1CC(N)CC(C(=O)O)C1. The van der Waals surface area contributed by atoms with Crippen LogP contribution >= 0.6 is 0 Å². The first-order chi connectivity index (χ1) is 19.9. The summed E-state index contributed by atoms with van der Waals surface area (Å²) in [6, 6.07) is -0.769. The molecule has 240 valence electrons. The zero-order chi connectivity index (χ0) is 30.5. The van der Waals surface area contributed by atoms with Crippen molar-refractivity contribution in [1.82, 2.24) is 10.4 Å². The molecule has 6 rings (SSSR count). The van der Waals surface area contributed by atoms with Gasteiger partial charge in [0, 0.05) is 37.6 Å². The largest absolute Gasteiger partial charge is 0.481 e. The van der Waals surface area contributed by atoms with Crippen LogP contribution in [0.3, 0.4) is 0 Å². The topological polar surface area (TPSA) is 155 Å². The predicted octanol–water partition coefficient (Wildman–Crippen LogP) is 2.41. The lowest BCUT2D eigenvalue weighted by Crippen LogP contribution is -2.62. The monoisotopic (exact) mass is 593 g/mol. The molecule has 0 aromatic rings. The van der Waals surface area contributed by atoms with E-state index in [-0.39, 0.29) is 48.5 Å². The number of methoxy groups -OCH3 is 1. The number of hydrogen-bond acceptors (Lipinski definition) is 8. The third-order valence-electron chi connectivity index (χ3n) is 12.5. The molecule has 1 aliphatic heterocycles. The van der Waals surface area contributed by atoms with Gasteiger partial charge in [0.15, 0.2) is 0 Å². The molecule has 0 aromatic carbocycles. The minimum atomic E-state index is -0.840. The van der Waals surface area contributed by atoms with Crippen molar-refractivity contribution in [2.45, 2.75) is 115 Å².